The van der Waals surface area contributed by atoms with E-state index in [1.165, 1.54) is 11.8 Å². The second-order valence-corrected chi connectivity index (χ2v) is 10.0. The lowest BCUT2D eigenvalue weighted by Gasteiger charge is -2.16. The summed E-state index contributed by atoms with van der Waals surface area (Å²) in [5.74, 6) is 0.573. The van der Waals surface area contributed by atoms with Crippen LogP contribution in [0.4, 0.5) is 5.69 Å². The largest absolute Gasteiger partial charge is 0.325 e. The molecular weight excluding hydrogens is 478 g/mol. The van der Waals surface area contributed by atoms with E-state index >= 15 is 0 Å². The SMILES string of the molecule is CCc1nn(-c2ccccc2)c2nc(-c3ccccc3)nc(S[C@@H](CC)C(=O)Nc3cccc(C)c3)c12. The Balaban J connectivity index is 1.62. The number of fused-ring (bicyclic) bond motifs is 1. The van der Waals surface area contributed by atoms with Crippen molar-refractivity contribution in [2.24, 2.45) is 0 Å². The highest BCUT2D eigenvalue weighted by molar-refractivity contribution is 8.00. The number of amides is 1. The fourth-order valence-corrected chi connectivity index (χ4v) is 5.32. The zero-order valence-electron chi connectivity index (χ0n) is 21.2. The van der Waals surface area contributed by atoms with E-state index in [0.29, 0.717) is 12.2 Å². The summed E-state index contributed by atoms with van der Waals surface area (Å²) in [6.45, 7) is 6.12. The summed E-state index contributed by atoms with van der Waals surface area (Å²) >= 11 is 1.48. The van der Waals surface area contributed by atoms with E-state index in [1.807, 2.05) is 103 Å². The second kappa shape index (κ2) is 11.0. The van der Waals surface area contributed by atoms with Gasteiger partial charge in [-0.15, -0.1) is 0 Å². The molecule has 1 N–H and O–H groups in total. The molecule has 0 spiro atoms. The first-order valence-electron chi connectivity index (χ1n) is 12.5. The highest BCUT2D eigenvalue weighted by Crippen LogP contribution is 2.35. The lowest BCUT2D eigenvalue weighted by Crippen LogP contribution is -2.24. The second-order valence-electron chi connectivity index (χ2n) is 8.84. The van der Waals surface area contributed by atoms with Gasteiger partial charge in [0.15, 0.2) is 11.5 Å². The molecule has 0 fully saturated rings. The Morgan fingerprint density at radius 3 is 2.35 bits per heavy atom. The van der Waals surface area contributed by atoms with Crippen molar-refractivity contribution in [1.82, 2.24) is 19.7 Å². The zero-order valence-corrected chi connectivity index (χ0v) is 22.0. The van der Waals surface area contributed by atoms with Gasteiger partial charge in [-0.25, -0.2) is 14.6 Å². The number of thioether (sulfide) groups is 1. The molecule has 2 aromatic heterocycles. The average molecular weight is 508 g/mol. The van der Waals surface area contributed by atoms with Crippen LogP contribution >= 0.6 is 11.8 Å². The predicted octanol–water partition coefficient (Wildman–Crippen LogP) is 6.86. The summed E-state index contributed by atoms with van der Waals surface area (Å²) < 4.78 is 1.89. The van der Waals surface area contributed by atoms with Crippen molar-refractivity contribution in [3.63, 3.8) is 0 Å². The topological polar surface area (TPSA) is 72.7 Å². The molecule has 3 aromatic carbocycles. The maximum Gasteiger partial charge on any atom is 0.237 e. The van der Waals surface area contributed by atoms with E-state index in [9.17, 15) is 4.79 Å². The highest BCUT2D eigenvalue weighted by atomic mass is 32.2. The van der Waals surface area contributed by atoms with Crippen LogP contribution in [0.15, 0.2) is 90.0 Å². The lowest BCUT2D eigenvalue weighted by atomic mass is 10.2. The number of nitrogens with zero attached hydrogens (tertiary/aromatic N) is 4. The molecule has 5 aromatic rings. The minimum atomic E-state index is -0.327. The van der Waals surface area contributed by atoms with Gasteiger partial charge in [-0.1, -0.05) is 86.3 Å². The van der Waals surface area contributed by atoms with E-state index < -0.39 is 0 Å². The Labute approximate surface area is 221 Å². The molecule has 0 radical (unpaired) electrons. The van der Waals surface area contributed by atoms with Crippen LogP contribution in [-0.4, -0.2) is 30.9 Å². The number of nitrogens with one attached hydrogen (secondary N) is 1. The Kier molecular flexibility index (Phi) is 7.32. The first kappa shape index (κ1) is 24.7. The van der Waals surface area contributed by atoms with Crippen LogP contribution in [0.1, 0.15) is 31.5 Å². The van der Waals surface area contributed by atoms with Gasteiger partial charge in [0.1, 0.15) is 5.03 Å². The van der Waals surface area contributed by atoms with Gasteiger partial charge < -0.3 is 5.32 Å². The Hall–Kier alpha value is -3.97. The van der Waals surface area contributed by atoms with Crippen molar-refractivity contribution < 1.29 is 4.79 Å². The molecule has 0 aliphatic heterocycles. The molecule has 5 rings (SSSR count). The first-order chi connectivity index (χ1) is 18.1. The Morgan fingerprint density at radius 2 is 1.68 bits per heavy atom. The molecule has 37 heavy (non-hydrogen) atoms. The third kappa shape index (κ3) is 5.27. The van der Waals surface area contributed by atoms with Gasteiger partial charge in [-0.2, -0.15) is 5.10 Å². The van der Waals surface area contributed by atoms with Gasteiger partial charge >= 0.3 is 0 Å². The monoisotopic (exact) mass is 507 g/mol. The number of carbonyl (C=O) groups is 1. The first-order valence-corrected chi connectivity index (χ1v) is 13.4. The van der Waals surface area contributed by atoms with Gasteiger partial charge in [0.25, 0.3) is 0 Å². The number of hydrogen-bond acceptors (Lipinski definition) is 5. The van der Waals surface area contributed by atoms with Crippen molar-refractivity contribution in [3.05, 3.63) is 96.2 Å². The number of rotatable bonds is 8. The van der Waals surface area contributed by atoms with E-state index in [0.717, 1.165) is 50.7 Å². The Morgan fingerprint density at radius 1 is 0.946 bits per heavy atom. The van der Waals surface area contributed by atoms with Gasteiger partial charge in [-0.05, 0) is 49.6 Å². The number of carbonyl (C=O) groups excluding carboxylic acids is 1. The number of aryl methyl sites for hydroxylation is 2. The Bertz CT molecular complexity index is 1530. The van der Waals surface area contributed by atoms with Crippen molar-refractivity contribution in [3.8, 4) is 17.1 Å². The molecule has 0 aliphatic carbocycles. The molecule has 0 unspecified atom stereocenters. The molecule has 1 atom stereocenters. The quantitative estimate of drug-likeness (QED) is 0.183. The number of para-hydroxylation sites is 1. The molecule has 0 aliphatic rings. The van der Waals surface area contributed by atoms with Crippen LogP contribution in [0.2, 0.25) is 0 Å². The van der Waals surface area contributed by atoms with Gasteiger partial charge in [0.05, 0.1) is 22.0 Å². The molecule has 2 heterocycles. The molecule has 0 bridgehead atoms. The summed E-state index contributed by atoms with van der Waals surface area (Å²) in [5.41, 5.74) is 5.41. The number of hydrogen-bond donors (Lipinski definition) is 1. The van der Waals surface area contributed by atoms with Crippen LogP contribution in [0.25, 0.3) is 28.1 Å². The van der Waals surface area contributed by atoms with Crippen LogP contribution in [0.5, 0.6) is 0 Å². The molecule has 6 nitrogen and oxygen atoms in total. The maximum absolute atomic E-state index is 13.3. The predicted molar refractivity (Wildman–Crippen MR) is 151 cm³/mol. The highest BCUT2D eigenvalue weighted by Gasteiger charge is 2.25. The van der Waals surface area contributed by atoms with Gasteiger partial charge in [-0.3, -0.25) is 4.79 Å². The van der Waals surface area contributed by atoms with Crippen molar-refractivity contribution in [2.75, 3.05) is 5.32 Å². The van der Waals surface area contributed by atoms with Crippen LogP contribution in [-0.2, 0) is 11.2 Å². The van der Waals surface area contributed by atoms with Crippen molar-refractivity contribution in [1.29, 1.82) is 0 Å². The number of anilines is 1. The molecule has 186 valence electrons. The summed E-state index contributed by atoms with van der Waals surface area (Å²) in [4.78, 5) is 23.3. The van der Waals surface area contributed by atoms with E-state index in [4.69, 9.17) is 15.1 Å². The third-order valence-electron chi connectivity index (χ3n) is 6.14. The van der Waals surface area contributed by atoms with E-state index in [2.05, 4.69) is 12.2 Å². The van der Waals surface area contributed by atoms with Crippen LogP contribution in [0, 0.1) is 6.92 Å². The van der Waals surface area contributed by atoms with Crippen LogP contribution < -0.4 is 5.32 Å². The lowest BCUT2D eigenvalue weighted by molar-refractivity contribution is -0.115. The molecule has 1 amide bonds. The standard InChI is InChI=1S/C30H29N5OS/c1-4-24-26-28(35(34-24)23-17-10-7-11-18-23)32-27(21-14-8-6-9-15-21)33-30(26)37-25(5-2)29(36)31-22-16-12-13-20(3)19-22/h6-19,25H,4-5H2,1-3H3,(H,31,36)/t25-/m0/s1. The molecular formula is C30H29N5OS. The van der Waals surface area contributed by atoms with Crippen LogP contribution in [0.3, 0.4) is 0 Å². The summed E-state index contributed by atoms with van der Waals surface area (Å²) in [6, 6.07) is 27.8. The summed E-state index contributed by atoms with van der Waals surface area (Å²) in [5, 5.41) is 9.36. The fraction of sp³-hybridized carbons (Fsp3) is 0.200. The number of benzene rings is 3. The number of aromatic nitrogens is 4. The van der Waals surface area contributed by atoms with Crippen molar-refractivity contribution >= 4 is 34.4 Å². The molecule has 0 saturated carbocycles. The smallest absolute Gasteiger partial charge is 0.237 e. The van der Waals surface area contributed by atoms with Crippen molar-refractivity contribution in [2.45, 2.75) is 43.9 Å². The minimum absolute atomic E-state index is 0.0420. The van der Waals surface area contributed by atoms with Gasteiger partial charge in [0.2, 0.25) is 5.91 Å². The van der Waals surface area contributed by atoms with E-state index in [1.54, 1.807) is 0 Å². The third-order valence-corrected chi connectivity index (χ3v) is 7.49. The minimum Gasteiger partial charge on any atom is -0.325 e. The molecule has 0 saturated heterocycles. The van der Waals surface area contributed by atoms with E-state index in [-0.39, 0.29) is 11.2 Å². The zero-order chi connectivity index (χ0) is 25.8. The fourth-order valence-electron chi connectivity index (χ4n) is 4.25. The maximum atomic E-state index is 13.3. The molecule has 7 heteroatoms. The summed E-state index contributed by atoms with van der Waals surface area (Å²) in [6.07, 6.45) is 1.38. The summed E-state index contributed by atoms with van der Waals surface area (Å²) in [7, 11) is 0. The van der Waals surface area contributed by atoms with Gasteiger partial charge in [0, 0.05) is 11.3 Å². The normalized spacial score (nSPS) is 12.0. The average Bonchev–Trinajstić information content (AvgIpc) is 3.31.